The largest absolute Gasteiger partial charge is 0.354 e. The predicted molar refractivity (Wildman–Crippen MR) is 191 cm³/mol. The summed E-state index contributed by atoms with van der Waals surface area (Å²) in [6, 6.07) is 47.8. The van der Waals surface area contributed by atoms with E-state index in [9.17, 15) is 0 Å². The fourth-order valence-corrected chi connectivity index (χ4v) is 8.62. The van der Waals surface area contributed by atoms with E-state index >= 15 is 0 Å². The number of fused-ring (bicyclic) bond motifs is 13. The van der Waals surface area contributed by atoms with Gasteiger partial charge in [0.05, 0.1) is 16.6 Å². The van der Waals surface area contributed by atoms with Crippen molar-refractivity contribution in [3.05, 3.63) is 139 Å². The van der Waals surface area contributed by atoms with Gasteiger partial charge < -0.3 is 9.38 Å². The van der Waals surface area contributed by atoms with E-state index in [1.807, 2.05) is 0 Å². The van der Waals surface area contributed by atoms with Gasteiger partial charge in [-0.2, -0.15) is 0 Å². The Labute approximate surface area is 259 Å². The number of aromatic nitrogens is 2. The second-order valence-electron chi connectivity index (χ2n) is 13.5. The summed E-state index contributed by atoms with van der Waals surface area (Å²) in [6.07, 6.45) is 0. The molecule has 210 valence electrons. The average Bonchev–Trinajstić information content (AvgIpc) is 3.77. The van der Waals surface area contributed by atoms with Crippen LogP contribution in [0.4, 0.5) is 0 Å². The number of rotatable bonds is 1. The molecular weight excluding hydrogens is 544 g/mol. The highest BCUT2D eigenvalue weighted by Gasteiger charge is 2.36. The second kappa shape index (κ2) is 7.91. The second-order valence-corrected chi connectivity index (χ2v) is 13.5. The van der Waals surface area contributed by atoms with Gasteiger partial charge in [-0.15, -0.1) is 0 Å². The van der Waals surface area contributed by atoms with Crippen molar-refractivity contribution in [2.24, 2.45) is 0 Å². The summed E-state index contributed by atoms with van der Waals surface area (Å²) in [7, 11) is 0. The van der Waals surface area contributed by atoms with Gasteiger partial charge in [0.25, 0.3) is 0 Å². The van der Waals surface area contributed by atoms with Crippen molar-refractivity contribution in [2.75, 3.05) is 0 Å². The number of H-pyrrole nitrogens is 1. The van der Waals surface area contributed by atoms with Crippen LogP contribution in [0, 0.1) is 0 Å². The Balaban J connectivity index is 1.11. The predicted octanol–water partition coefficient (Wildman–Crippen LogP) is 11.6. The van der Waals surface area contributed by atoms with Crippen LogP contribution >= 0.6 is 0 Å². The van der Waals surface area contributed by atoms with Crippen molar-refractivity contribution in [1.29, 1.82) is 0 Å². The zero-order chi connectivity index (χ0) is 29.6. The molecule has 45 heavy (non-hydrogen) atoms. The molecule has 0 radical (unpaired) electrons. The van der Waals surface area contributed by atoms with Gasteiger partial charge in [0.15, 0.2) is 0 Å². The minimum Gasteiger partial charge on any atom is -0.354 e. The molecule has 10 aromatic rings. The Bertz CT molecular complexity index is 2890. The van der Waals surface area contributed by atoms with Crippen molar-refractivity contribution in [2.45, 2.75) is 19.3 Å². The Morgan fingerprint density at radius 2 is 1.16 bits per heavy atom. The van der Waals surface area contributed by atoms with Crippen LogP contribution in [-0.2, 0) is 5.41 Å². The molecule has 2 nitrogen and oxygen atoms in total. The third kappa shape index (κ3) is 2.90. The van der Waals surface area contributed by atoms with Crippen LogP contribution in [0.15, 0.2) is 127 Å². The van der Waals surface area contributed by atoms with Crippen LogP contribution in [0.5, 0.6) is 0 Å². The smallest absolute Gasteiger partial charge is 0.0620 e. The molecule has 1 aliphatic carbocycles. The van der Waals surface area contributed by atoms with Crippen LogP contribution in [-0.4, -0.2) is 9.38 Å². The van der Waals surface area contributed by atoms with Crippen LogP contribution in [0.1, 0.15) is 25.0 Å². The zero-order valence-electron chi connectivity index (χ0n) is 25.1. The quantitative estimate of drug-likeness (QED) is 0.202. The summed E-state index contributed by atoms with van der Waals surface area (Å²) < 4.78 is 2.48. The maximum absolute atomic E-state index is 3.63. The molecule has 0 atom stereocenters. The number of nitrogens with one attached hydrogen (secondary N) is 1. The van der Waals surface area contributed by atoms with E-state index in [0.717, 1.165) is 0 Å². The van der Waals surface area contributed by atoms with E-state index < -0.39 is 0 Å². The van der Waals surface area contributed by atoms with Gasteiger partial charge in [-0.05, 0) is 92.7 Å². The molecule has 0 unspecified atom stereocenters. The van der Waals surface area contributed by atoms with Crippen molar-refractivity contribution < 1.29 is 0 Å². The van der Waals surface area contributed by atoms with Gasteiger partial charge in [0, 0.05) is 48.8 Å². The van der Waals surface area contributed by atoms with Gasteiger partial charge >= 0.3 is 0 Å². The molecule has 0 aliphatic heterocycles. The van der Waals surface area contributed by atoms with Crippen molar-refractivity contribution in [3.63, 3.8) is 0 Å². The highest BCUT2D eigenvalue weighted by Crippen LogP contribution is 2.51. The summed E-state index contributed by atoms with van der Waals surface area (Å²) in [5, 5.41) is 10.5. The lowest BCUT2D eigenvalue weighted by Crippen LogP contribution is -2.15. The van der Waals surface area contributed by atoms with Crippen molar-refractivity contribution in [1.82, 2.24) is 9.38 Å². The fraction of sp³-hybridized carbons (Fsp3) is 0.0698. The highest BCUT2D eigenvalue weighted by molar-refractivity contribution is 6.24. The highest BCUT2D eigenvalue weighted by atomic mass is 14.9. The standard InChI is InChI=1S/C43H28N2/c1-43(2)36-20-24(25-15-17-30-29-8-3-5-12-38(29)44-39(30)22-25)14-16-28(36)34-18-26-19-35-33-11-7-10-32-31-9-4-6-13-40(31)45(42(32)33)41(35)23-27(26)21-37(34)43/h3-23,44H,1-2H3. The minimum absolute atomic E-state index is 0.102. The van der Waals surface area contributed by atoms with Crippen LogP contribution in [0.2, 0.25) is 0 Å². The van der Waals surface area contributed by atoms with Gasteiger partial charge in [-0.3, -0.25) is 0 Å². The Hall–Kier alpha value is -5.60. The lowest BCUT2D eigenvalue weighted by atomic mass is 9.81. The zero-order valence-corrected chi connectivity index (χ0v) is 25.1. The topological polar surface area (TPSA) is 20.2 Å². The number of nitrogens with zero attached hydrogens (tertiary/aromatic N) is 1. The van der Waals surface area contributed by atoms with E-state index in [-0.39, 0.29) is 5.41 Å². The fourth-order valence-electron chi connectivity index (χ4n) is 8.62. The molecule has 0 fully saturated rings. The summed E-state index contributed by atoms with van der Waals surface area (Å²) in [5.41, 5.74) is 14.2. The minimum atomic E-state index is -0.102. The molecule has 3 heterocycles. The number of para-hydroxylation sites is 3. The number of aromatic amines is 1. The first kappa shape index (κ1) is 23.8. The first-order chi connectivity index (χ1) is 22.0. The molecule has 2 heteroatoms. The summed E-state index contributed by atoms with van der Waals surface area (Å²) in [5.74, 6) is 0. The van der Waals surface area contributed by atoms with E-state index in [1.165, 1.54) is 104 Å². The summed E-state index contributed by atoms with van der Waals surface area (Å²) in [4.78, 5) is 3.63. The monoisotopic (exact) mass is 572 g/mol. The molecule has 1 aliphatic rings. The van der Waals surface area contributed by atoms with Gasteiger partial charge in [0.2, 0.25) is 0 Å². The number of benzene rings is 7. The lowest BCUT2D eigenvalue weighted by Gasteiger charge is -2.22. The van der Waals surface area contributed by atoms with Crippen LogP contribution < -0.4 is 0 Å². The maximum Gasteiger partial charge on any atom is 0.0620 e. The van der Waals surface area contributed by atoms with E-state index in [1.54, 1.807) is 0 Å². The van der Waals surface area contributed by atoms with Crippen LogP contribution in [0.3, 0.4) is 0 Å². The summed E-state index contributed by atoms with van der Waals surface area (Å²) in [6.45, 7) is 4.78. The molecule has 7 aromatic carbocycles. The molecule has 11 rings (SSSR count). The third-order valence-electron chi connectivity index (χ3n) is 10.8. The van der Waals surface area contributed by atoms with E-state index in [0.29, 0.717) is 0 Å². The SMILES string of the molecule is CC1(C)c2cc(-c3ccc4c(c3)[nH]c3ccccc34)ccc2-c2cc3cc4c5cccc6c7ccccc7n(c4cc3cc21)c65. The molecule has 0 saturated carbocycles. The third-order valence-corrected chi connectivity index (χ3v) is 10.8. The van der Waals surface area contributed by atoms with Gasteiger partial charge in [-0.25, -0.2) is 0 Å². The van der Waals surface area contributed by atoms with Crippen molar-refractivity contribution in [3.8, 4) is 22.3 Å². The number of hydrogen-bond acceptors (Lipinski definition) is 0. The first-order valence-corrected chi connectivity index (χ1v) is 15.9. The molecule has 3 aromatic heterocycles. The van der Waals surface area contributed by atoms with Crippen LogP contribution in [0.25, 0.3) is 92.9 Å². The molecule has 0 saturated heterocycles. The Morgan fingerprint density at radius 1 is 0.467 bits per heavy atom. The lowest BCUT2D eigenvalue weighted by molar-refractivity contribution is 0.661. The molecule has 0 bridgehead atoms. The van der Waals surface area contributed by atoms with Gasteiger partial charge in [-0.1, -0.05) is 92.7 Å². The first-order valence-electron chi connectivity index (χ1n) is 15.9. The Kier molecular flexibility index (Phi) is 4.19. The van der Waals surface area contributed by atoms with E-state index in [2.05, 4.69) is 151 Å². The summed E-state index contributed by atoms with van der Waals surface area (Å²) >= 11 is 0. The molecule has 0 spiro atoms. The molecular formula is C43H28N2. The Morgan fingerprint density at radius 3 is 2.07 bits per heavy atom. The normalized spacial score (nSPS) is 14.2. The number of hydrogen-bond donors (Lipinski definition) is 1. The molecule has 0 amide bonds. The van der Waals surface area contributed by atoms with E-state index in [4.69, 9.17) is 0 Å². The van der Waals surface area contributed by atoms with Gasteiger partial charge in [0.1, 0.15) is 0 Å². The average molecular weight is 573 g/mol. The molecule has 1 N–H and O–H groups in total. The van der Waals surface area contributed by atoms with Crippen molar-refractivity contribution >= 4 is 70.7 Å². The maximum atomic E-state index is 3.63.